The summed E-state index contributed by atoms with van der Waals surface area (Å²) in [6.45, 7) is 0.897. The Morgan fingerprint density at radius 1 is 1.13 bits per heavy atom. The number of rotatable bonds is 9. The molecule has 1 aromatic heterocycles. The van der Waals surface area contributed by atoms with Crippen LogP contribution in [0.2, 0.25) is 0 Å². The van der Waals surface area contributed by atoms with Crippen LogP contribution in [0, 0.1) is 5.82 Å². The SMILES string of the molecule is CN(C)c1ccc(C(C(=O)NCC2CCCO2)N(C(=O)c2snc(C(N)=O)c2N)c2ccc(F)cc2)cc1. The fraction of sp³-hybridized carbons (Fsp3) is 0.308. The van der Waals surface area contributed by atoms with E-state index in [9.17, 15) is 18.8 Å². The van der Waals surface area contributed by atoms with Crippen molar-refractivity contribution in [1.82, 2.24) is 9.69 Å². The molecule has 12 heteroatoms. The number of halogens is 1. The molecule has 0 spiro atoms. The van der Waals surface area contributed by atoms with Crippen molar-refractivity contribution < 1.29 is 23.5 Å². The number of benzene rings is 2. The maximum Gasteiger partial charge on any atom is 0.273 e. The number of hydrogen-bond acceptors (Lipinski definition) is 8. The zero-order valence-electron chi connectivity index (χ0n) is 21.0. The molecule has 5 N–H and O–H groups in total. The molecule has 0 radical (unpaired) electrons. The molecule has 10 nitrogen and oxygen atoms in total. The van der Waals surface area contributed by atoms with Crippen LogP contribution < -0.4 is 26.6 Å². The number of hydrogen-bond donors (Lipinski definition) is 3. The van der Waals surface area contributed by atoms with Crippen molar-refractivity contribution in [2.24, 2.45) is 5.73 Å². The first-order valence-electron chi connectivity index (χ1n) is 12.0. The molecular weight excluding hydrogens is 511 g/mol. The number of anilines is 3. The minimum Gasteiger partial charge on any atom is -0.395 e. The highest BCUT2D eigenvalue weighted by Crippen LogP contribution is 2.34. The van der Waals surface area contributed by atoms with Crippen LogP contribution in [-0.2, 0) is 9.53 Å². The van der Waals surface area contributed by atoms with Crippen molar-refractivity contribution in [3.05, 3.63) is 70.5 Å². The molecule has 4 rings (SSSR count). The molecule has 0 aliphatic carbocycles. The zero-order chi connectivity index (χ0) is 27.4. The fourth-order valence-corrected chi connectivity index (χ4v) is 4.96. The molecule has 2 aromatic carbocycles. The Balaban J connectivity index is 1.81. The highest BCUT2D eigenvalue weighted by atomic mass is 32.1. The molecular formula is C26H29FN6O4S. The predicted octanol–water partition coefficient (Wildman–Crippen LogP) is 2.71. The second-order valence-electron chi connectivity index (χ2n) is 9.06. The first-order chi connectivity index (χ1) is 18.2. The average Bonchev–Trinajstić information content (AvgIpc) is 3.56. The summed E-state index contributed by atoms with van der Waals surface area (Å²) >= 11 is 0.704. The van der Waals surface area contributed by atoms with Crippen LogP contribution in [0.25, 0.3) is 0 Å². The van der Waals surface area contributed by atoms with Crippen LogP contribution in [0.4, 0.5) is 21.5 Å². The summed E-state index contributed by atoms with van der Waals surface area (Å²) in [5.74, 6) is -2.54. The van der Waals surface area contributed by atoms with Gasteiger partial charge < -0.3 is 26.4 Å². The number of carbonyl (C=O) groups is 3. The predicted molar refractivity (Wildman–Crippen MR) is 144 cm³/mol. The monoisotopic (exact) mass is 540 g/mol. The second kappa shape index (κ2) is 11.6. The van der Waals surface area contributed by atoms with E-state index in [-0.39, 0.29) is 34.6 Å². The summed E-state index contributed by atoms with van der Waals surface area (Å²) in [5.41, 5.74) is 12.7. The van der Waals surface area contributed by atoms with Crippen molar-refractivity contribution in [2.75, 3.05) is 42.8 Å². The van der Waals surface area contributed by atoms with Crippen molar-refractivity contribution in [3.63, 3.8) is 0 Å². The number of nitrogens with zero attached hydrogens (tertiary/aromatic N) is 3. The molecule has 2 heterocycles. The first-order valence-corrected chi connectivity index (χ1v) is 12.8. The molecule has 38 heavy (non-hydrogen) atoms. The number of ether oxygens (including phenoxy) is 1. The molecule has 1 aliphatic heterocycles. The van der Waals surface area contributed by atoms with E-state index < -0.39 is 29.6 Å². The molecule has 200 valence electrons. The Hall–Kier alpha value is -4.03. The zero-order valence-corrected chi connectivity index (χ0v) is 21.8. The van der Waals surface area contributed by atoms with Gasteiger partial charge in [0.15, 0.2) is 5.69 Å². The topological polar surface area (TPSA) is 144 Å². The average molecular weight is 541 g/mol. The molecule has 3 amide bonds. The van der Waals surface area contributed by atoms with Gasteiger partial charge in [0.2, 0.25) is 5.91 Å². The first kappa shape index (κ1) is 27.0. The lowest BCUT2D eigenvalue weighted by Crippen LogP contribution is -2.45. The quantitative estimate of drug-likeness (QED) is 0.379. The number of primary amides is 1. The summed E-state index contributed by atoms with van der Waals surface area (Å²) in [5, 5.41) is 2.91. The lowest BCUT2D eigenvalue weighted by molar-refractivity contribution is -0.123. The largest absolute Gasteiger partial charge is 0.395 e. The van der Waals surface area contributed by atoms with E-state index in [0.29, 0.717) is 23.7 Å². The Morgan fingerprint density at radius 2 is 1.79 bits per heavy atom. The van der Waals surface area contributed by atoms with Gasteiger partial charge in [-0.15, -0.1) is 0 Å². The van der Waals surface area contributed by atoms with Crippen LogP contribution in [0.1, 0.15) is 44.6 Å². The van der Waals surface area contributed by atoms with Gasteiger partial charge in [-0.05, 0) is 66.3 Å². The molecule has 3 aromatic rings. The van der Waals surface area contributed by atoms with Gasteiger partial charge in [0.1, 0.15) is 16.7 Å². The number of nitrogens with two attached hydrogens (primary N) is 2. The number of nitrogens with one attached hydrogen (secondary N) is 1. The van der Waals surface area contributed by atoms with Gasteiger partial charge in [-0.25, -0.2) is 4.39 Å². The van der Waals surface area contributed by atoms with E-state index in [0.717, 1.165) is 18.5 Å². The van der Waals surface area contributed by atoms with Crippen molar-refractivity contribution in [3.8, 4) is 0 Å². The lowest BCUT2D eigenvalue weighted by Gasteiger charge is -2.32. The van der Waals surface area contributed by atoms with Crippen molar-refractivity contribution >= 4 is 46.3 Å². The van der Waals surface area contributed by atoms with E-state index >= 15 is 0 Å². The van der Waals surface area contributed by atoms with Gasteiger partial charge in [0.05, 0.1) is 11.8 Å². The van der Waals surface area contributed by atoms with Crippen molar-refractivity contribution in [1.29, 1.82) is 0 Å². The lowest BCUT2D eigenvalue weighted by atomic mass is 10.0. The minimum atomic E-state index is -1.16. The van der Waals surface area contributed by atoms with Crippen LogP contribution in [0.3, 0.4) is 0 Å². The van der Waals surface area contributed by atoms with E-state index in [4.69, 9.17) is 16.2 Å². The minimum absolute atomic E-state index is 0.0648. The van der Waals surface area contributed by atoms with E-state index in [1.165, 1.54) is 29.2 Å². The third-order valence-electron chi connectivity index (χ3n) is 6.24. The van der Waals surface area contributed by atoms with Gasteiger partial charge in [-0.2, -0.15) is 4.37 Å². The number of carbonyl (C=O) groups excluding carboxylic acids is 3. The smallest absolute Gasteiger partial charge is 0.273 e. The van der Waals surface area contributed by atoms with E-state index in [2.05, 4.69) is 9.69 Å². The van der Waals surface area contributed by atoms with Crippen molar-refractivity contribution in [2.45, 2.75) is 25.0 Å². The molecule has 1 fully saturated rings. The normalized spacial score (nSPS) is 15.6. The fourth-order valence-electron chi connectivity index (χ4n) is 4.21. The Kier molecular flexibility index (Phi) is 8.23. The third kappa shape index (κ3) is 5.76. The summed E-state index contributed by atoms with van der Waals surface area (Å²) in [6.07, 6.45) is 1.60. The van der Waals surface area contributed by atoms with E-state index in [1.54, 1.807) is 12.1 Å². The van der Waals surface area contributed by atoms with Gasteiger partial charge >= 0.3 is 0 Å². The Labute approximate surface area is 223 Å². The summed E-state index contributed by atoms with van der Waals surface area (Å²) in [6, 6.07) is 11.2. The molecule has 0 bridgehead atoms. The van der Waals surface area contributed by atoms with Gasteiger partial charge in [-0.1, -0.05) is 12.1 Å². The number of nitrogen functional groups attached to an aromatic ring is 1. The van der Waals surface area contributed by atoms with E-state index in [1.807, 2.05) is 31.1 Å². The molecule has 1 aliphatic rings. The van der Waals surface area contributed by atoms with Crippen LogP contribution in [-0.4, -0.2) is 55.4 Å². The Bertz CT molecular complexity index is 1310. The van der Waals surface area contributed by atoms with Gasteiger partial charge in [0, 0.05) is 38.6 Å². The van der Waals surface area contributed by atoms with Gasteiger partial charge in [-0.3, -0.25) is 19.3 Å². The molecule has 1 saturated heterocycles. The third-order valence-corrected chi connectivity index (χ3v) is 7.09. The summed E-state index contributed by atoms with van der Waals surface area (Å²) < 4.78 is 23.4. The number of amides is 3. The molecule has 2 atom stereocenters. The molecule has 2 unspecified atom stereocenters. The second-order valence-corrected chi connectivity index (χ2v) is 9.83. The maximum atomic E-state index is 14.0. The van der Waals surface area contributed by atoms with Crippen LogP contribution in [0.5, 0.6) is 0 Å². The molecule has 0 saturated carbocycles. The maximum absolute atomic E-state index is 14.0. The number of aromatic nitrogens is 1. The highest BCUT2D eigenvalue weighted by Gasteiger charge is 2.36. The summed E-state index contributed by atoms with van der Waals surface area (Å²) in [7, 11) is 3.77. The Morgan fingerprint density at radius 3 is 2.34 bits per heavy atom. The van der Waals surface area contributed by atoms with Gasteiger partial charge in [0.25, 0.3) is 11.8 Å². The summed E-state index contributed by atoms with van der Waals surface area (Å²) in [4.78, 5) is 42.6. The van der Waals surface area contributed by atoms with Crippen LogP contribution in [0.15, 0.2) is 48.5 Å². The standard InChI is InChI=1S/C26H29FN6O4S/c1-32(2)17-9-5-15(6-10-17)22(25(35)30-14-19-4-3-13-37-19)33(18-11-7-16(27)8-12-18)26(36)23-20(28)21(24(29)34)31-38-23/h5-12,19,22H,3-4,13-14,28H2,1-2H3,(H2,29,34)(H,30,35). The van der Waals surface area contributed by atoms with Crippen LogP contribution >= 0.6 is 11.5 Å². The highest BCUT2D eigenvalue weighted by molar-refractivity contribution is 7.09.